The van der Waals surface area contributed by atoms with Crippen LogP contribution in [0.15, 0.2) is 128 Å². The van der Waals surface area contributed by atoms with Gasteiger partial charge in [0.1, 0.15) is 0 Å². The van der Waals surface area contributed by atoms with E-state index in [1.807, 2.05) is 23.9 Å². The van der Waals surface area contributed by atoms with Crippen molar-refractivity contribution in [2.24, 2.45) is 0 Å². The first-order valence-electron chi connectivity index (χ1n) is 13.9. The predicted molar refractivity (Wildman–Crippen MR) is 167 cm³/mol. The Balaban J connectivity index is 1.42. The molecule has 7 rings (SSSR count). The van der Waals surface area contributed by atoms with E-state index in [1.54, 1.807) is 0 Å². The summed E-state index contributed by atoms with van der Waals surface area (Å²) in [7, 11) is 2.14. The summed E-state index contributed by atoms with van der Waals surface area (Å²) in [5.41, 5.74) is 12.3. The van der Waals surface area contributed by atoms with Crippen LogP contribution in [0.3, 0.4) is 0 Å². The molecule has 5 heteroatoms. The van der Waals surface area contributed by atoms with Crippen LogP contribution in [0.5, 0.6) is 0 Å². The molecule has 3 heterocycles. The molecular weight excluding hydrogens is 502 g/mol. The molecular formula is C36H31N5. The molecule has 41 heavy (non-hydrogen) atoms. The first kappa shape index (κ1) is 24.9. The van der Waals surface area contributed by atoms with E-state index in [9.17, 15) is 0 Å². The fourth-order valence-electron chi connectivity index (χ4n) is 6.04. The van der Waals surface area contributed by atoms with Gasteiger partial charge in [-0.3, -0.25) is 4.98 Å². The number of hydrogen-bond donors (Lipinski definition) is 0. The van der Waals surface area contributed by atoms with Gasteiger partial charge in [-0.15, -0.1) is 0 Å². The zero-order valence-corrected chi connectivity index (χ0v) is 23.4. The molecule has 0 saturated heterocycles. The SMILES string of the molecule is Cc1cc(C)n(-c2ccc3c(c2)N(c2cccc(C(c4ccccc4)c4ccccn4)c2)c2ccccc2N3C)n1. The van der Waals surface area contributed by atoms with Crippen LogP contribution < -0.4 is 9.80 Å². The second-order valence-corrected chi connectivity index (χ2v) is 10.6. The minimum absolute atomic E-state index is 0.0144. The van der Waals surface area contributed by atoms with E-state index in [0.717, 1.165) is 51.2 Å². The van der Waals surface area contributed by atoms with Crippen molar-refractivity contribution in [3.8, 4) is 5.69 Å². The van der Waals surface area contributed by atoms with Gasteiger partial charge in [0.15, 0.2) is 0 Å². The molecule has 1 unspecified atom stereocenters. The van der Waals surface area contributed by atoms with Crippen molar-refractivity contribution in [1.29, 1.82) is 0 Å². The molecule has 0 saturated carbocycles. The summed E-state index contributed by atoms with van der Waals surface area (Å²) in [6.07, 6.45) is 1.88. The fraction of sp³-hybridized carbons (Fsp3) is 0.111. The van der Waals surface area contributed by atoms with Gasteiger partial charge in [0.25, 0.3) is 0 Å². The number of rotatable bonds is 5. The highest BCUT2D eigenvalue weighted by molar-refractivity contribution is 5.98. The largest absolute Gasteiger partial charge is 0.341 e. The zero-order valence-electron chi connectivity index (χ0n) is 23.4. The molecule has 0 amide bonds. The Morgan fingerprint density at radius 3 is 2.07 bits per heavy atom. The normalized spacial score (nSPS) is 13.0. The monoisotopic (exact) mass is 533 g/mol. The van der Waals surface area contributed by atoms with Gasteiger partial charge in [-0.25, -0.2) is 4.68 Å². The molecule has 1 atom stereocenters. The standard InChI is InChI=1S/C36H31N5/c1-25-22-26(2)41(38-25)30-19-20-33-35(24-30)40(34-18-8-7-17-32(34)39(33)3)29-15-11-14-28(23-29)36(27-12-5-4-6-13-27)31-16-9-10-21-37-31/h4-24,36H,1-3H3. The zero-order chi connectivity index (χ0) is 27.9. The molecule has 0 N–H and O–H groups in total. The van der Waals surface area contributed by atoms with Crippen LogP contribution in [0.1, 0.15) is 34.1 Å². The topological polar surface area (TPSA) is 37.2 Å². The maximum Gasteiger partial charge on any atom is 0.0721 e. The summed E-state index contributed by atoms with van der Waals surface area (Å²) >= 11 is 0. The number of nitrogens with zero attached hydrogens (tertiary/aromatic N) is 5. The van der Waals surface area contributed by atoms with E-state index in [4.69, 9.17) is 10.1 Å². The van der Waals surface area contributed by atoms with Crippen molar-refractivity contribution in [2.45, 2.75) is 19.8 Å². The minimum atomic E-state index is 0.0144. The third kappa shape index (κ3) is 4.36. The number of benzene rings is 4. The first-order valence-corrected chi connectivity index (χ1v) is 13.9. The van der Waals surface area contributed by atoms with E-state index in [2.05, 4.69) is 139 Å². The van der Waals surface area contributed by atoms with Crippen LogP contribution >= 0.6 is 0 Å². The highest BCUT2D eigenvalue weighted by atomic mass is 15.3. The minimum Gasteiger partial charge on any atom is -0.341 e. The Hall–Kier alpha value is -5.16. The molecule has 2 aromatic heterocycles. The van der Waals surface area contributed by atoms with Gasteiger partial charge in [-0.1, -0.05) is 60.7 Å². The smallest absolute Gasteiger partial charge is 0.0721 e. The molecule has 0 bridgehead atoms. The average molecular weight is 534 g/mol. The Morgan fingerprint density at radius 2 is 1.32 bits per heavy atom. The van der Waals surface area contributed by atoms with E-state index < -0.39 is 0 Å². The number of pyridine rings is 1. The molecule has 0 spiro atoms. The Labute approximate surface area is 241 Å². The Morgan fingerprint density at radius 1 is 0.585 bits per heavy atom. The van der Waals surface area contributed by atoms with Gasteiger partial charge in [0.2, 0.25) is 0 Å². The van der Waals surface area contributed by atoms with Gasteiger partial charge < -0.3 is 9.80 Å². The van der Waals surface area contributed by atoms with Gasteiger partial charge in [-0.05, 0) is 85.6 Å². The van der Waals surface area contributed by atoms with Gasteiger partial charge in [-0.2, -0.15) is 5.10 Å². The lowest BCUT2D eigenvalue weighted by Gasteiger charge is -2.39. The van der Waals surface area contributed by atoms with Crippen LogP contribution in [0.4, 0.5) is 28.4 Å². The lowest BCUT2D eigenvalue weighted by molar-refractivity contribution is 0.833. The second kappa shape index (κ2) is 10.1. The maximum atomic E-state index is 4.78. The highest BCUT2D eigenvalue weighted by Gasteiger charge is 2.29. The summed E-state index contributed by atoms with van der Waals surface area (Å²) in [6, 6.07) is 43.0. The van der Waals surface area contributed by atoms with Crippen molar-refractivity contribution >= 4 is 28.4 Å². The van der Waals surface area contributed by atoms with Crippen LogP contribution in [0.25, 0.3) is 5.69 Å². The second-order valence-electron chi connectivity index (χ2n) is 10.6. The van der Waals surface area contributed by atoms with Crippen LogP contribution in [0.2, 0.25) is 0 Å². The van der Waals surface area contributed by atoms with Gasteiger partial charge in [0.05, 0.1) is 45.7 Å². The molecule has 5 nitrogen and oxygen atoms in total. The predicted octanol–water partition coefficient (Wildman–Crippen LogP) is 8.62. The van der Waals surface area contributed by atoms with Gasteiger partial charge >= 0.3 is 0 Å². The number of para-hydroxylation sites is 2. The average Bonchev–Trinajstić information content (AvgIpc) is 3.36. The molecule has 1 aliphatic rings. The molecule has 200 valence electrons. The van der Waals surface area contributed by atoms with Gasteiger partial charge in [0, 0.05) is 24.6 Å². The molecule has 1 aliphatic heterocycles. The third-order valence-corrected chi connectivity index (χ3v) is 7.88. The summed E-state index contributed by atoms with van der Waals surface area (Å²) < 4.78 is 2.03. The number of fused-ring (bicyclic) bond motifs is 2. The van der Waals surface area contributed by atoms with Crippen molar-refractivity contribution < 1.29 is 0 Å². The van der Waals surface area contributed by atoms with E-state index in [1.165, 1.54) is 11.1 Å². The van der Waals surface area contributed by atoms with E-state index in [-0.39, 0.29) is 5.92 Å². The molecule has 4 aromatic carbocycles. The van der Waals surface area contributed by atoms with Crippen molar-refractivity contribution in [3.63, 3.8) is 0 Å². The number of aryl methyl sites for hydroxylation is 2. The summed E-state index contributed by atoms with van der Waals surface area (Å²) in [6.45, 7) is 4.14. The summed E-state index contributed by atoms with van der Waals surface area (Å²) in [5.74, 6) is 0.0144. The van der Waals surface area contributed by atoms with E-state index >= 15 is 0 Å². The van der Waals surface area contributed by atoms with Crippen molar-refractivity contribution in [2.75, 3.05) is 16.8 Å². The third-order valence-electron chi connectivity index (χ3n) is 7.88. The lowest BCUT2D eigenvalue weighted by atomic mass is 9.87. The highest BCUT2D eigenvalue weighted by Crippen LogP contribution is 2.51. The number of aromatic nitrogens is 3. The molecule has 0 aliphatic carbocycles. The maximum absolute atomic E-state index is 4.78. The van der Waals surface area contributed by atoms with Crippen molar-refractivity contribution in [1.82, 2.24) is 14.8 Å². The molecule has 6 aromatic rings. The quantitative estimate of drug-likeness (QED) is 0.222. The van der Waals surface area contributed by atoms with E-state index in [0.29, 0.717) is 0 Å². The van der Waals surface area contributed by atoms with Crippen LogP contribution in [-0.2, 0) is 0 Å². The summed E-state index contributed by atoms with van der Waals surface area (Å²) in [4.78, 5) is 9.43. The molecule has 0 fully saturated rings. The number of anilines is 5. The Kier molecular flexibility index (Phi) is 6.12. The lowest BCUT2D eigenvalue weighted by Crippen LogP contribution is -2.24. The number of hydrogen-bond acceptors (Lipinski definition) is 4. The Bertz CT molecular complexity index is 1800. The van der Waals surface area contributed by atoms with Crippen LogP contribution in [-0.4, -0.2) is 21.8 Å². The summed E-state index contributed by atoms with van der Waals surface area (Å²) in [5, 5.41) is 4.77. The van der Waals surface area contributed by atoms with Crippen molar-refractivity contribution in [3.05, 3.63) is 156 Å². The fourth-order valence-corrected chi connectivity index (χ4v) is 6.04. The van der Waals surface area contributed by atoms with Crippen LogP contribution in [0, 0.1) is 13.8 Å². The molecule has 0 radical (unpaired) electrons. The first-order chi connectivity index (χ1) is 20.1.